The number of hydrogen-bond acceptors (Lipinski definition) is 11. The highest BCUT2D eigenvalue weighted by molar-refractivity contribution is 7.98. The van der Waals surface area contributed by atoms with Gasteiger partial charge in [0.25, 0.3) is 5.09 Å². The largest absolute Gasteiger partial charge is 0.493 e. The number of fused-ring (bicyclic) bond motifs is 3. The molecule has 0 saturated carbocycles. The van der Waals surface area contributed by atoms with Gasteiger partial charge >= 0.3 is 6.09 Å². The Bertz CT molecular complexity index is 1460. The number of benzene rings is 1. The lowest BCUT2D eigenvalue weighted by atomic mass is 9.95. The van der Waals surface area contributed by atoms with Crippen molar-refractivity contribution in [3.8, 4) is 33.4 Å². The van der Waals surface area contributed by atoms with Crippen LogP contribution in [0.3, 0.4) is 0 Å². The molecule has 206 valence electrons. The Morgan fingerprint density at radius 3 is 2.59 bits per heavy atom. The number of thioether (sulfide) groups is 1. The molecule has 1 N–H and O–H groups in total. The van der Waals surface area contributed by atoms with Gasteiger partial charge in [-0.2, -0.15) is 0 Å². The molecule has 39 heavy (non-hydrogen) atoms. The maximum Gasteiger partial charge on any atom is 0.413 e. The smallest absolute Gasteiger partial charge is 0.413 e. The van der Waals surface area contributed by atoms with E-state index < -0.39 is 17.2 Å². The second-order valence-corrected chi connectivity index (χ2v) is 10.0. The van der Waals surface area contributed by atoms with Crippen LogP contribution in [-0.4, -0.2) is 38.8 Å². The summed E-state index contributed by atoms with van der Waals surface area (Å²) in [5.41, 5.74) is 3.09. The fourth-order valence-corrected chi connectivity index (χ4v) is 5.74. The zero-order valence-electron chi connectivity index (χ0n) is 21.6. The van der Waals surface area contributed by atoms with Crippen LogP contribution in [0.2, 0.25) is 0 Å². The molecule has 0 aliphatic heterocycles. The van der Waals surface area contributed by atoms with Crippen molar-refractivity contribution in [2.45, 2.75) is 30.4 Å². The van der Waals surface area contributed by atoms with Crippen LogP contribution in [0.4, 0.5) is 4.79 Å². The minimum atomic E-state index is -0.913. The number of methoxy groups -OCH3 is 3. The Hall–Kier alpha value is -3.97. The first-order valence-corrected chi connectivity index (χ1v) is 13.8. The summed E-state index contributed by atoms with van der Waals surface area (Å²) in [6.45, 7) is -0.350. The van der Waals surface area contributed by atoms with Crippen LogP contribution in [0.15, 0.2) is 45.4 Å². The summed E-state index contributed by atoms with van der Waals surface area (Å²) in [5, 5.41) is 14.4. The molecule has 1 aromatic heterocycles. The van der Waals surface area contributed by atoms with Gasteiger partial charge < -0.3 is 29.1 Å². The van der Waals surface area contributed by atoms with E-state index in [-0.39, 0.29) is 17.1 Å². The lowest BCUT2D eigenvalue weighted by molar-refractivity contribution is -0.763. The molecule has 0 bridgehead atoms. The van der Waals surface area contributed by atoms with E-state index in [1.54, 1.807) is 24.6 Å². The van der Waals surface area contributed by atoms with Crippen molar-refractivity contribution in [1.82, 2.24) is 5.32 Å². The van der Waals surface area contributed by atoms with Gasteiger partial charge in [0.05, 0.1) is 32.3 Å². The highest BCUT2D eigenvalue weighted by atomic mass is 32.2. The van der Waals surface area contributed by atoms with Crippen molar-refractivity contribution in [3.63, 3.8) is 0 Å². The molecule has 0 unspecified atom stereocenters. The van der Waals surface area contributed by atoms with Gasteiger partial charge in [-0.3, -0.25) is 4.79 Å². The van der Waals surface area contributed by atoms with E-state index in [1.165, 1.54) is 32.0 Å². The number of aryl methyl sites for hydroxylation is 1. The van der Waals surface area contributed by atoms with Crippen LogP contribution >= 0.6 is 23.1 Å². The van der Waals surface area contributed by atoms with Gasteiger partial charge in [0, 0.05) is 11.1 Å². The molecule has 13 heteroatoms. The number of hydrogen-bond donors (Lipinski definition) is 1. The average Bonchev–Trinajstić information content (AvgIpc) is 3.22. The van der Waals surface area contributed by atoms with Crippen LogP contribution < -0.4 is 29.7 Å². The quantitative estimate of drug-likeness (QED) is 0.211. The Kier molecular flexibility index (Phi) is 8.82. The van der Waals surface area contributed by atoms with Crippen molar-refractivity contribution in [2.75, 3.05) is 27.6 Å². The molecule has 0 fully saturated rings. The Morgan fingerprint density at radius 1 is 1.15 bits per heavy atom. The summed E-state index contributed by atoms with van der Waals surface area (Å²) in [6, 6.07) is 7.96. The van der Waals surface area contributed by atoms with Gasteiger partial charge in [-0.15, -0.1) is 33.2 Å². The zero-order valence-corrected chi connectivity index (χ0v) is 23.2. The van der Waals surface area contributed by atoms with Gasteiger partial charge in [-0.1, -0.05) is 6.07 Å². The summed E-state index contributed by atoms with van der Waals surface area (Å²) < 4.78 is 22.4. The molecular weight excluding hydrogens is 548 g/mol. The van der Waals surface area contributed by atoms with E-state index in [1.807, 2.05) is 18.4 Å². The second-order valence-electron chi connectivity index (χ2n) is 8.31. The summed E-state index contributed by atoms with van der Waals surface area (Å²) >= 11 is 2.43. The number of rotatable bonds is 9. The predicted molar refractivity (Wildman–Crippen MR) is 146 cm³/mol. The normalized spacial score (nSPS) is 13.8. The van der Waals surface area contributed by atoms with Crippen molar-refractivity contribution in [2.24, 2.45) is 0 Å². The topological polar surface area (TPSA) is 135 Å². The Morgan fingerprint density at radius 2 is 1.92 bits per heavy atom. The highest BCUT2D eigenvalue weighted by Crippen LogP contribution is 2.50. The molecular formula is C26H26N2O9S2. The van der Waals surface area contributed by atoms with Crippen molar-refractivity contribution >= 4 is 29.2 Å². The summed E-state index contributed by atoms with van der Waals surface area (Å²) in [6.07, 6.45) is 2.00. The third kappa shape index (κ3) is 5.88. The Labute approximate surface area is 232 Å². The third-order valence-electron chi connectivity index (χ3n) is 6.23. The van der Waals surface area contributed by atoms with Gasteiger partial charge in [0.2, 0.25) is 5.75 Å². The van der Waals surface area contributed by atoms with Gasteiger partial charge in [-0.05, 0) is 65.4 Å². The summed E-state index contributed by atoms with van der Waals surface area (Å²) in [7, 11) is 4.59. The fraction of sp³-hybridized carbons (Fsp3) is 0.308. The number of nitrogens with one attached hydrogen (secondary N) is 1. The molecule has 3 aromatic rings. The zero-order chi connectivity index (χ0) is 28.1. The van der Waals surface area contributed by atoms with Gasteiger partial charge in [-0.25, -0.2) is 4.79 Å². The molecule has 1 aliphatic carbocycles. The van der Waals surface area contributed by atoms with E-state index in [2.05, 4.69) is 10.2 Å². The van der Waals surface area contributed by atoms with Crippen molar-refractivity contribution in [3.05, 3.63) is 72.7 Å². The summed E-state index contributed by atoms with van der Waals surface area (Å²) in [4.78, 5) is 41.6. The standard InChI is InChI=1S/C26H26N2O9S2/c1-33-20-11-14-5-7-18(27-26(30)37-25-15(9-10-39-25)13-36-28(31)32)17-12-19(29)21(38-4)8-6-16(17)22(14)24(35-3)23(20)34-2/h6,8-12,18H,5,7,13H2,1-4H3,(H,27,30)/t18-/m0/s1. The summed E-state index contributed by atoms with van der Waals surface area (Å²) in [5.74, 6) is 1.36. The first kappa shape index (κ1) is 28.0. The van der Waals surface area contributed by atoms with Crippen LogP contribution in [0.5, 0.6) is 22.3 Å². The van der Waals surface area contributed by atoms with Crippen LogP contribution in [-0.2, 0) is 17.9 Å². The number of ether oxygens (including phenoxy) is 4. The minimum Gasteiger partial charge on any atom is -0.493 e. The van der Waals surface area contributed by atoms with Gasteiger partial charge in [0.1, 0.15) is 6.61 Å². The van der Waals surface area contributed by atoms with Crippen LogP contribution in [0, 0.1) is 10.1 Å². The average molecular weight is 575 g/mol. The number of nitrogens with zero attached hydrogens (tertiary/aromatic N) is 1. The number of carbonyl (C=O) groups is 1. The molecule has 0 saturated heterocycles. The van der Waals surface area contributed by atoms with E-state index in [0.717, 1.165) is 22.5 Å². The predicted octanol–water partition coefficient (Wildman–Crippen LogP) is 5.01. The van der Waals surface area contributed by atoms with Crippen molar-refractivity contribution in [1.29, 1.82) is 0 Å². The molecule has 1 aliphatic rings. The molecule has 4 rings (SSSR count). The van der Waals surface area contributed by atoms with Crippen molar-refractivity contribution < 1.29 is 33.7 Å². The molecule has 1 amide bonds. The van der Waals surface area contributed by atoms with Gasteiger partial charge in [0.15, 0.2) is 22.0 Å². The van der Waals surface area contributed by atoms with E-state index in [4.69, 9.17) is 18.9 Å². The lowest BCUT2D eigenvalue weighted by Crippen LogP contribution is -2.31. The molecule has 11 nitrogen and oxygen atoms in total. The second kappa shape index (κ2) is 12.3. The first-order chi connectivity index (χ1) is 18.8. The molecule has 1 heterocycles. The number of amides is 1. The molecule has 0 radical (unpaired) electrons. The van der Waals surface area contributed by atoms with Crippen LogP contribution in [0.1, 0.15) is 29.2 Å². The highest BCUT2D eigenvalue weighted by Gasteiger charge is 2.30. The third-order valence-corrected chi connectivity index (χ3v) is 7.84. The monoisotopic (exact) mass is 574 g/mol. The molecule has 2 aromatic carbocycles. The van der Waals surface area contributed by atoms with E-state index in [9.17, 15) is 19.7 Å². The fourth-order valence-electron chi connectivity index (χ4n) is 4.51. The molecule has 1 atom stereocenters. The van der Waals surface area contributed by atoms with E-state index in [0.29, 0.717) is 51.7 Å². The lowest BCUT2D eigenvalue weighted by Gasteiger charge is -2.20. The number of thiophene rings is 1. The maximum absolute atomic E-state index is 13.1. The minimum absolute atomic E-state index is 0.176. The van der Waals surface area contributed by atoms with E-state index >= 15 is 0 Å². The first-order valence-electron chi connectivity index (χ1n) is 11.7. The number of carbonyl (C=O) groups excluding carboxylic acids is 1. The van der Waals surface area contributed by atoms with Crippen LogP contribution in [0.25, 0.3) is 11.1 Å². The SMILES string of the molecule is COc1cc2c(c(OC)c1OC)-c1ccc(SC)c(=O)cc1[C@@H](NC(=O)Oc1sccc1CO[N+](=O)[O-])CC2. The molecule has 0 spiro atoms. The Balaban J connectivity index is 1.77. The maximum atomic E-state index is 13.1.